The van der Waals surface area contributed by atoms with Crippen LogP contribution in [0, 0.1) is 12.3 Å². The van der Waals surface area contributed by atoms with E-state index in [1.807, 2.05) is 24.3 Å². The summed E-state index contributed by atoms with van der Waals surface area (Å²) in [7, 11) is 0. The summed E-state index contributed by atoms with van der Waals surface area (Å²) < 4.78 is 4.94. The summed E-state index contributed by atoms with van der Waals surface area (Å²) in [6.07, 6.45) is 12.7. The van der Waals surface area contributed by atoms with Crippen LogP contribution >= 0.6 is 0 Å². The molecule has 2 aromatic carbocycles. The predicted octanol–water partition coefficient (Wildman–Crippen LogP) is 4.69. The van der Waals surface area contributed by atoms with Gasteiger partial charge in [0, 0.05) is 48.5 Å². The van der Waals surface area contributed by atoms with Crippen LogP contribution in [0.1, 0.15) is 32.3 Å². The number of aromatic nitrogens is 2. The molecule has 0 bridgehead atoms. The van der Waals surface area contributed by atoms with E-state index in [2.05, 4.69) is 45.3 Å². The molecule has 1 saturated heterocycles. The summed E-state index contributed by atoms with van der Waals surface area (Å²) in [6, 6.07) is 10.5. The first-order valence-corrected chi connectivity index (χ1v) is 12.1. The molecule has 1 aromatic heterocycles. The monoisotopic (exact) mass is 487 g/mol. The molecular formula is C28H33N5O3. The Morgan fingerprint density at radius 2 is 1.97 bits per heavy atom. The first-order chi connectivity index (χ1) is 17.5. The first kappa shape index (κ1) is 26.7. The molecule has 0 atom stereocenters. The van der Waals surface area contributed by atoms with Crippen LogP contribution in [-0.4, -0.2) is 58.7 Å². The highest BCUT2D eigenvalue weighted by Gasteiger charge is 2.11. The number of hydrogen-bond donors (Lipinski definition) is 3. The largest absolute Gasteiger partial charge is 0.506 e. The predicted molar refractivity (Wildman–Crippen MR) is 144 cm³/mol. The highest BCUT2D eigenvalue weighted by Crippen LogP contribution is 2.32. The van der Waals surface area contributed by atoms with E-state index in [1.165, 1.54) is 31.3 Å². The van der Waals surface area contributed by atoms with Gasteiger partial charge < -0.3 is 25.4 Å². The lowest BCUT2D eigenvalue weighted by molar-refractivity contribution is -0.111. The summed E-state index contributed by atoms with van der Waals surface area (Å²) in [5.74, 6) is 2.73. The van der Waals surface area contributed by atoms with Gasteiger partial charge in [-0.05, 0) is 50.2 Å². The minimum atomic E-state index is -0.324. The van der Waals surface area contributed by atoms with Gasteiger partial charge in [0.25, 0.3) is 0 Å². The number of phenolic OH excluding ortho intramolecular Hbond substituents is 1. The van der Waals surface area contributed by atoms with Gasteiger partial charge >= 0.3 is 0 Å². The Morgan fingerprint density at radius 3 is 2.64 bits per heavy atom. The maximum absolute atomic E-state index is 12.3. The van der Waals surface area contributed by atoms with Crippen LogP contribution in [0.15, 0.2) is 54.9 Å². The molecule has 3 aromatic rings. The van der Waals surface area contributed by atoms with E-state index in [0.717, 1.165) is 37.6 Å². The van der Waals surface area contributed by atoms with Crippen molar-refractivity contribution in [2.24, 2.45) is 0 Å². The van der Waals surface area contributed by atoms with E-state index in [4.69, 9.17) is 11.2 Å². The Kier molecular flexibility index (Phi) is 10.2. The molecule has 4 rings (SSSR count). The fourth-order valence-corrected chi connectivity index (χ4v) is 3.59. The van der Waals surface area contributed by atoms with E-state index in [9.17, 15) is 9.90 Å². The Hall–Kier alpha value is -3.93. The normalized spacial score (nSPS) is 12.8. The van der Waals surface area contributed by atoms with Gasteiger partial charge in [-0.25, -0.2) is 9.97 Å². The van der Waals surface area contributed by atoms with Crippen molar-refractivity contribution in [3.63, 3.8) is 0 Å². The number of amides is 1. The van der Waals surface area contributed by atoms with E-state index in [0.29, 0.717) is 23.3 Å². The minimum absolute atomic E-state index is 0.0722. The second kappa shape index (κ2) is 13.8. The van der Waals surface area contributed by atoms with Crippen LogP contribution < -0.4 is 10.6 Å². The van der Waals surface area contributed by atoms with Crippen molar-refractivity contribution >= 4 is 34.0 Å². The molecule has 0 aliphatic carbocycles. The number of anilines is 3. The van der Waals surface area contributed by atoms with Gasteiger partial charge in [-0.1, -0.05) is 31.9 Å². The molecule has 3 N–H and O–H groups in total. The number of benzene rings is 2. The van der Waals surface area contributed by atoms with E-state index in [1.54, 1.807) is 12.1 Å². The molecule has 188 valence electrons. The second-order valence-corrected chi connectivity index (χ2v) is 8.16. The van der Waals surface area contributed by atoms with Crippen LogP contribution in [-0.2, 0) is 9.53 Å². The van der Waals surface area contributed by atoms with Gasteiger partial charge in [-0.2, -0.15) is 0 Å². The Labute approximate surface area is 212 Å². The lowest BCUT2D eigenvalue weighted by atomic mass is 10.1. The van der Waals surface area contributed by atoms with Gasteiger partial charge in [-0.15, -0.1) is 6.42 Å². The van der Waals surface area contributed by atoms with Gasteiger partial charge in [0.2, 0.25) is 5.91 Å². The zero-order valence-corrected chi connectivity index (χ0v) is 20.8. The molecule has 1 aliphatic rings. The average molecular weight is 488 g/mol. The zero-order valence-electron chi connectivity index (χ0n) is 20.8. The van der Waals surface area contributed by atoms with Crippen molar-refractivity contribution in [3.8, 4) is 18.1 Å². The van der Waals surface area contributed by atoms with Crippen LogP contribution in [0.3, 0.4) is 0 Å². The van der Waals surface area contributed by atoms with E-state index >= 15 is 0 Å². The molecule has 8 nitrogen and oxygen atoms in total. The van der Waals surface area contributed by atoms with E-state index in [-0.39, 0.29) is 17.3 Å². The third-order valence-corrected chi connectivity index (χ3v) is 5.66. The molecule has 36 heavy (non-hydrogen) atoms. The van der Waals surface area contributed by atoms with Crippen LogP contribution in [0.5, 0.6) is 5.75 Å². The number of carbonyl (C=O) groups is 1. The third-order valence-electron chi connectivity index (χ3n) is 5.66. The number of aromatic hydroxyl groups is 1. The zero-order chi connectivity index (χ0) is 25.8. The second-order valence-electron chi connectivity index (χ2n) is 8.16. The molecule has 1 amide bonds. The SMILES string of the molecule is C#Cc1cccc(Nc2ncnc3cc(O)c(NC(=O)/C=C/CN(CC)CC)cc23)c1.C1CCOC1. The molecule has 0 spiro atoms. The molecular weight excluding hydrogens is 454 g/mol. The fraction of sp³-hybridized carbons (Fsp3) is 0.321. The maximum atomic E-state index is 12.3. The van der Waals surface area contributed by atoms with Gasteiger partial charge in [0.1, 0.15) is 17.9 Å². The number of nitrogens with one attached hydrogen (secondary N) is 2. The van der Waals surface area contributed by atoms with Crippen molar-refractivity contribution in [3.05, 3.63) is 60.4 Å². The van der Waals surface area contributed by atoms with Crippen molar-refractivity contribution in [1.29, 1.82) is 0 Å². The standard InChI is InChI=1S/C24H25N5O2.C4H8O/c1-4-17-9-7-10-18(13-17)27-24-19-14-21(22(30)15-20(19)25-16-26-24)28-23(31)11-8-12-29(5-2)6-3;1-2-4-5-3-1/h1,7-11,13-16,30H,5-6,12H2,2-3H3,(H,28,31)(H,25,26,27);1-4H2/b11-8+;. The van der Waals surface area contributed by atoms with Crippen molar-refractivity contribution in [2.75, 3.05) is 43.5 Å². The molecule has 0 radical (unpaired) electrons. The quantitative estimate of drug-likeness (QED) is 0.241. The lowest BCUT2D eigenvalue weighted by Gasteiger charge is -2.14. The number of phenols is 1. The summed E-state index contributed by atoms with van der Waals surface area (Å²) in [5.41, 5.74) is 2.33. The van der Waals surface area contributed by atoms with Gasteiger partial charge in [0.15, 0.2) is 0 Å². The highest BCUT2D eigenvalue weighted by molar-refractivity contribution is 6.03. The number of carbonyl (C=O) groups excluding carboxylic acids is 1. The molecule has 1 aliphatic heterocycles. The average Bonchev–Trinajstić information content (AvgIpc) is 3.48. The van der Waals surface area contributed by atoms with Crippen molar-refractivity contribution in [2.45, 2.75) is 26.7 Å². The fourth-order valence-electron chi connectivity index (χ4n) is 3.59. The smallest absolute Gasteiger partial charge is 0.248 e. The van der Waals surface area contributed by atoms with Gasteiger partial charge in [0.05, 0.1) is 11.2 Å². The molecule has 0 unspecified atom stereocenters. The number of terminal acetylenes is 1. The maximum Gasteiger partial charge on any atom is 0.248 e. The summed E-state index contributed by atoms with van der Waals surface area (Å²) >= 11 is 0. The Morgan fingerprint density at radius 1 is 1.19 bits per heavy atom. The van der Waals surface area contributed by atoms with Crippen LogP contribution in [0.25, 0.3) is 10.9 Å². The number of likely N-dealkylation sites (N-methyl/N-ethyl adjacent to an activating group) is 1. The number of nitrogens with zero attached hydrogens (tertiary/aromatic N) is 3. The summed E-state index contributed by atoms with van der Waals surface area (Å²) in [4.78, 5) is 23.0. The number of hydrogen-bond acceptors (Lipinski definition) is 7. The summed E-state index contributed by atoms with van der Waals surface area (Å²) in [6.45, 7) is 8.65. The number of rotatable bonds is 8. The van der Waals surface area contributed by atoms with Crippen molar-refractivity contribution in [1.82, 2.24) is 14.9 Å². The van der Waals surface area contributed by atoms with Crippen LogP contribution in [0.4, 0.5) is 17.2 Å². The first-order valence-electron chi connectivity index (χ1n) is 12.1. The molecule has 0 saturated carbocycles. The molecule has 8 heteroatoms. The topological polar surface area (TPSA) is 99.6 Å². The molecule has 2 heterocycles. The number of fused-ring (bicyclic) bond motifs is 1. The Balaban J connectivity index is 0.000000642. The van der Waals surface area contributed by atoms with Gasteiger partial charge in [-0.3, -0.25) is 4.79 Å². The third kappa shape index (κ3) is 7.80. The van der Waals surface area contributed by atoms with Crippen LogP contribution in [0.2, 0.25) is 0 Å². The minimum Gasteiger partial charge on any atom is -0.506 e. The lowest BCUT2D eigenvalue weighted by Crippen LogP contribution is -2.23. The molecule has 1 fully saturated rings. The van der Waals surface area contributed by atoms with E-state index < -0.39 is 0 Å². The summed E-state index contributed by atoms with van der Waals surface area (Å²) in [5, 5.41) is 16.9. The Bertz CT molecular complexity index is 1220. The number of ether oxygens (including phenoxy) is 1. The van der Waals surface area contributed by atoms with Crippen molar-refractivity contribution < 1.29 is 14.6 Å². The highest BCUT2D eigenvalue weighted by atomic mass is 16.5.